The molecule has 1 amide bonds. The molecule has 0 atom stereocenters. The van der Waals surface area contributed by atoms with Crippen molar-refractivity contribution >= 4 is 17.6 Å². The molecule has 4 nitrogen and oxygen atoms in total. The Morgan fingerprint density at radius 2 is 1.88 bits per heavy atom. The number of hydrogen-bond donors (Lipinski definition) is 1. The minimum absolute atomic E-state index is 0.175. The number of hydrogen-bond acceptors (Lipinski definition) is 3. The van der Waals surface area contributed by atoms with Crippen LogP contribution in [0.15, 0.2) is 24.3 Å². The van der Waals surface area contributed by atoms with Crippen LogP contribution in [0.4, 0.5) is 5.69 Å². The summed E-state index contributed by atoms with van der Waals surface area (Å²) < 4.78 is 5.23. The van der Waals surface area contributed by atoms with Gasteiger partial charge in [-0.15, -0.1) is 0 Å². The Hall–Kier alpha value is -1.84. The van der Waals surface area contributed by atoms with Gasteiger partial charge in [0.25, 0.3) is 0 Å². The zero-order valence-corrected chi connectivity index (χ0v) is 10.5. The van der Waals surface area contributed by atoms with Gasteiger partial charge in [0.05, 0.1) is 5.56 Å². The van der Waals surface area contributed by atoms with Gasteiger partial charge in [0.2, 0.25) is 5.91 Å². The molecule has 0 aromatic heterocycles. The van der Waals surface area contributed by atoms with E-state index in [-0.39, 0.29) is 5.91 Å². The second-order valence-corrected chi connectivity index (χ2v) is 4.76. The molecule has 17 heavy (non-hydrogen) atoms. The Morgan fingerprint density at radius 3 is 2.41 bits per heavy atom. The molecule has 0 bridgehead atoms. The molecule has 0 aliphatic carbocycles. The lowest BCUT2D eigenvalue weighted by atomic mass is 10.1. The number of anilines is 1. The first kappa shape index (κ1) is 13.2. The molecule has 0 saturated carbocycles. The second kappa shape index (κ2) is 4.99. The maximum atomic E-state index is 11.8. The molecule has 1 N–H and O–H groups in total. The molecular weight excluding hydrogens is 218 g/mol. The van der Waals surface area contributed by atoms with Crippen LogP contribution in [-0.4, -0.2) is 17.5 Å². The largest absolute Gasteiger partial charge is 0.456 e. The van der Waals surface area contributed by atoms with Crippen molar-refractivity contribution in [2.45, 2.75) is 33.3 Å². The van der Waals surface area contributed by atoms with E-state index in [1.165, 1.54) is 6.92 Å². The van der Waals surface area contributed by atoms with Gasteiger partial charge in [-0.1, -0.05) is 6.07 Å². The standard InChI is InChI=1S/C13H17NO3/c1-9(15)14-11-7-5-6-10(8-11)12(16)17-13(2,3)4/h5-8H,1-4H3,(H,14,15). The topological polar surface area (TPSA) is 55.4 Å². The number of carbonyl (C=O) groups is 2. The quantitative estimate of drug-likeness (QED) is 0.801. The molecule has 1 aromatic carbocycles. The van der Waals surface area contributed by atoms with Gasteiger partial charge in [0.1, 0.15) is 5.60 Å². The molecule has 0 fully saturated rings. The zero-order valence-electron chi connectivity index (χ0n) is 10.5. The maximum Gasteiger partial charge on any atom is 0.338 e. The van der Waals surface area contributed by atoms with Gasteiger partial charge >= 0.3 is 5.97 Å². The van der Waals surface area contributed by atoms with Crippen LogP contribution < -0.4 is 5.32 Å². The highest BCUT2D eigenvalue weighted by atomic mass is 16.6. The summed E-state index contributed by atoms with van der Waals surface area (Å²) in [6, 6.07) is 6.66. The Bertz CT molecular complexity index is 433. The number of benzene rings is 1. The molecular formula is C13H17NO3. The van der Waals surface area contributed by atoms with E-state index < -0.39 is 11.6 Å². The van der Waals surface area contributed by atoms with Crippen molar-refractivity contribution in [1.82, 2.24) is 0 Å². The van der Waals surface area contributed by atoms with E-state index in [4.69, 9.17) is 4.74 Å². The lowest BCUT2D eigenvalue weighted by Crippen LogP contribution is -2.24. The van der Waals surface area contributed by atoms with Crippen molar-refractivity contribution in [2.24, 2.45) is 0 Å². The molecule has 0 heterocycles. The van der Waals surface area contributed by atoms with Crippen LogP contribution in [-0.2, 0) is 9.53 Å². The molecule has 1 rings (SSSR count). The summed E-state index contributed by atoms with van der Waals surface area (Å²) in [6.07, 6.45) is 0. The molecule has 0 radical (unpaired) electrons. The number of nitrogens with one attached hydrogen (secondary N) is 1. The number of rotatable bonds is 2. The maximum absolute atomic E-state index is 11.8. The monoisotopic (exact) mass is 235 g/mol. The normalized spacial score (nSPS) is 10.8. The highest BCUT2D eigenvalue weighted by molar-refractivity contribution is 5.93. The average Bonchev–Trinajstić information content (AvgIpc) is 2.14. The van der Waals surface area contributed by atoms with Crippen molar-refractivity contribution in [2.75, 3.05) is 5.32 Å². The first-order valence-corrected chi connectivity index (χ1v) is 5.39. The highest BCUT2D eigenvalue weighted by Crippen LogP contribution is 2.15. The minimum Gasteiger partial charge on any atom is -0.456 e. The Morgan fingerprint density at radius 1 is 1.24 bits per heavy atom. The number of ether oxygens (including phenoxy) is 1. The highest BCUT2D eigenvalue weighted by Gasteiger charge is 2.17. The van der Waals surface area contributed by atoms with Gasteiger partial charge in [0.15, 0.2) is 0 Å². The third-order valence-corrected chi connectivity index (χ3v) is 1.82. The smallest absolute Gasteiger partial charge is 0.338 e. The Kier molecular flexibility index (Phi) is 3.89. The minimum atomic E-state index is -0.527. The summed E-state index contributed by atoms with van der Waals surface area (Å²) in [5, 5.41) is 2.62. The van der Waals surface area contributed by atoms with Gasteiger partial charge in [-0.3, -0.25) is 4.79 Å². The molecule has 0 aliphatic heterocycles. The fourth-order valence-corrected chi connectivity index (χ4v) is 1.26. The van der Waals surface area contributed by atoms with Gasteiger partial charge in [-0.05, 0) is 39.0 Å². The van der Waals surface area contributed by atoms with Crippen LogP contribution in [0, 0.1) is 0 Å². The summed E-state index contributed by atoms with van der Waals surface area (Å²) in [6.45, 7) is 6.84. The fraction of sp³-hybridized carbons (Fsp3) is 0.385. The van der Waals surface area contributed by atoms with E-state index in [0.717, 1.165) is 0 Å². The van der Waals surface area contributed by atoms with Gasteiger partial charge in [-0.25, -0.2) is 4.79 Å². The Balaban J connectivity index is 2.84. The molecule has 1 aromatic rings. The molecule has 0 spiro atoms. The van der Waals surface area contributed by atoms with E-state index in [2.05, 4.69) is 5.32 Å². The van der Waals surface area contributed by atoms with Gasteiger partial charge in [-0.2, -0.15) is 0 Å². The molecule has 0 saturated heterocycles. The molecule has 0 aliphatic rings. The van der Waals surface area contributed by atoms with E-state index in [1.54, 1.807) is 24.3 Å². The van der Waals surface area contributed by atoms with Crippen molar-refractivity contribution < 1.29 is 14.3 Å². The predicted molar refractivity (Wildman–Crippen MR) is 65.9 cm³/mol. The fourth-order valence-electron chi connectivity index (χ4n) is 1.26. The van der Waals surface area contributed by atoms with Gasteiger partial charge in [0, 0.05) is 12.6 Å². The lowest BCUT2D eigenvalue weighted by Gasteiger charge is -2.19. The van der Waals surface area contributed by atoms with E-state index >= 15 is 0 Å². The lowest BCUT2D eigenvalue weighted by molar-refractivity contribution is -0.114. The van der Waals surface area contributed by atoms with Crippen molar-refractivity contribution in [3.8, 4) is 0 Å². The van der Waals surface area contributed by atoms with E-state index in [1.807, 2.05) is 20.8 Å². The molecule has 4 heteroatoms. The van der Waals surface area contributed by atoms with Crippen LogP contribution in [0.1, 0.15) is 38.1 Å². The van der Waals surface area contributed by atoms with E-state index in [0.29, 0.717) is 11.3 Å². The second-order valence-electron chi connectivity index (χ2n) is 4.76. The van der Waals surface area contributed by atoms with Gasteiger partial charge < -0.3 is 10.1 Å². The first-order chi connectivity index (χ1) is 7.78. The van der Waals surface area contributed by atoms with Crippen LogP contribution >= 0.6 is 0 Å². The summed E-state index contributed by atoms with van der Waals surface area (Å²) >= 11 is 0. The van der Waals surface area contributed by atoms with Crippen molar-refractivity contribution in [3.63, 3.8) is 0 Å². The van der Waals surface area contributed by atoms with Crippen molar-refractivity contribution in [1.29, 1.82) is 0 Å². The molecule has 0 unspecified atom stereocenters. The summed E-state index contributed by atoms with van der Waals surface area (Å²) in [5.41, 5.74) is 0.480. The van der Waals surface area contributed by atoms with Crippen LogP contribution in [0.2, 0.25) is 0 Å². The summed E-state index contributed by atoms with van der Waals surface area (Å²) in [5.74, 6) is -0.573. The number of carbonyl (C=O) groups excluding carboxylic acids is 2. The number of amides is 1. The first-order valence-electron chi connectivity index (χ1n) is 5.39. The molecule has 92 valence electrons. The van der Waals surface area contributed by atoms with Crippen molar-refractivity contribution in [3.05, 3.63) is 29.8 Å². The van der Waals surface area contributed by atoms with Crippen LogP contribution in [0.5, 0.6) is 0 Å². The average molecular weight is 235 g/mol. The predicted octanol–water partition coefficient (Wildman–Crippen LogP) is 2.60. The zero-order chi connectivity index (χ0) is 13.1. The third-order valence-electron chi connectivity index (χ3n) is 1.82. The Labute approximate surface area is 101 Å². The number of esters is 1. The van der Waals surface area contributed by atoms with E-state index in [9.17, 15) is 9.59 Å². The SMILES string of the molecule is CC(=O)Nc1cccc(C(=O)OC(C)(C)C)c1. The summed E-state index contributed by atoms with van der Waals surface area (Å²) in [4.78, 5) is 22.7. The van der Waals surface area contributed by atoms with Crippen LogP contribution in [0.25, 0.3) is 0 Å². The van der Waals surface area contributed by atoms with Crippen LogP contribution in [0.3, 0.4) is 0 Å². The summed E-state index contributed by atoms with van der Waals surface area (Å²) in [7, 11) is 0. The third kappa shape index (κ3) is 4.68.